The summed E-state index contributed by atoms with van der Waals surface area (Å²) in [5, 5.41) is 8.54. The van der Waals surface area contributed by atoms with Crippen LogP contribution in [0.1, 0.15) is 13.8 Å². The number of aliphatic hydroxyl groups excluding tert-OH is 1. The monoisotopic (exact) mass is 152 g/mol. The maximum absolute atomic E-state index is 10.4. The average molecular weight is 153 g/mol. The summed E-state index contributed by atoms with van der Waals surface area (Å²) in [5.41, 5.74) is -0.674. The molecule has 0 aromatic carbocycles. The van der Waals surface area contributed by atoms with Crippen molar-refractivity contribution >= 4 is 17.6 Å². The van der Waals surface area contributed by atoms with Gasteiger partial charge in [0.05, 0.1) is 0 Å². The Morgan fingerprint density at radius 1 is 1.67 bits per heavy atom. The molecule has 3 nitrogen and oxygen atoms in total. The van der Waals surface area contributed by atoms with Gasteiger partial charge in [-0.15, -0.1) is 0 Å². The number of hydrogen-bond donors (Lipinski definition) is 1. The Hall–Kier alpha value is -0.280. The second kappa shape index (κ2) is 3.69. The van der Waals surface area contributed by atoms with Gasteiger partial charge in [-0.1, -0.05) is 11.6 Å². The van der Waals surface area contributed by atoms with Crippen molar-refractivity contribution in [2.75, 3.05) is 0 Å². The second-order valence-electron chi connectivity index (χ2n) is 1.66. The van der Waals surface area contributed by atoms with E-state index in [2.05, 4.69) is 4.74 Å². The molecule has 0 radical (unpaired) electrons. The Morgan fingerprint density at radius 2 is 2.11 bits per heavy atom. The van der Waals surface area contributed by atoms with Crippen molar-refractivity contribution in [1.29, 1.82) is 0 Å². The number of hydrogen-bond acceptors (Lipinski definition) is 3. The van der Waals surface area contributed by atoms with Gasteiger partial charge in [0.25, 0.3) is 0 Å². The molecule has 0 bridgehead atoms. The fourth-order valence-corrected chi connectivity index (χ4v) is 0.346. The SMILES string of the molecule is CC(Cl)OC(=O)C(C)O. The molecular formula is C5H9ClO3. The predicted molar refractivity (Wildman–Crippen MR) is 33.1 cm³/mol. The average Bonchev–Trinajstić information content (AvgIpc) is 1.63. The topological polar surface area (TPSA) is 46.5 Å². The maximum atomic E-state index is 10.4. The summed E-state index contributed by atoms with van der Waals surface area (Å²) in [6.45, 7) is 2.82. The van der Waals surface area contributed by atoms with E-state index in [0.717, 1.165) is 0 Å². The molecule has 1 N–H and O–H groups in total. The molecule has 0 saturated carbocycles. The molecule has 4 heteroatoms. The van der Waals surface area contributed by atoms with Crippen LogP contribution < -0.4 is 0 Å². The van der Waals surface area contributed by atoms with Gasteiger partial charge in [0.1, 0.15) is 6.10 Å². The highest BCUT2D eigenvalue weighted by atomic mass is 35.5. The first-order valence-electron chi connectivity index (χ1n) is 2.56. The second-order valence-corrected chi connectivity index (χ2v) is 2.27. The first-order chi connectivity index (χ1) is 4.04. The van der Waals surface area contributed by atoms with E-state index in [4.69, 9.17) is 16.7 Å². The largest absolute Gasteiger partial charge is 0.444 e. The summed E-state index contributed by atoms with van der Waals surface area (Å²) < 4.78 is 4.39. The molecule has 0 fully saturated rings. The molecule has 54 valence electrons. The lowest BCUT2D eigenvalue weighted by molar-refractivity contribution is -0.153. The Labute approximate surface area is 58.6 Å². The lowest BCUT2D eigenvalue weighted by Gasteiger charge is -2.06. The van der Waals surface area contributed by atoms with Crippen LogP contribution in [0.2, 0.25) is 0 Å². The maximum Gasteiger partial charge on any atom is 0.336 e. The number of carbonyl (C=O) groups is 1. The standard InChI is InChI=1S/C5H9ClO3/c1-3(7)5(8)9-4(2)6/h3-4,7H,1-2H3. The summed E-state index contributed by atoms with van der Waals surface area (Å²) in [7, 11) is 0. The molecule has 0 aromatic heterocycles. The van der Waals surface area contributed by atoms with Gasteiger partial charge in [-0.25, -0.2) is 4.79 Å². The highest BCUT2D eigenvalue weighted by Gasteiger charge is 2.11. The smallest absolute Gasteiger partial charge is 0.336 e. The van der Waals surface area contributed by atoms with Crippen LogP contribution in [0.5, 0.6) is 0 Å². The van der Waals surface area contributed by atoms with Crippen molar-refractivity contribution in [3.8, 4) is 0 Å². The molecule has 2 unspecified atom stereocenters. The van der Waals surface area contributed by atoms with Crippen molar-refractivity contribution in [2.45, 2.75) is 25.5 Å². The predicted octanol–water partition coefficient (Wildman–Crippen LogP) is 0.495. The fraction of sp³-hybridized carbons (Fsp3) is 0.800. The zero-order chi connectivity index (χ0) is 7.44. The van der Waals surface area contributed by atoms with Crippen LogP contribution in [-0.4, -0.2) is 22.7 Å². The van der Waals surface area contributed by atoms with Gasteiger partial charge < -0.3 is 9.84 Å². The third-order valence-corrected chi connectivity index (χ3v) is 0.709. The molecule has 0 heterocycles. The van der Waals surface area contributed by atoms with E-state index in [1.54, 1.807) is 0 Å². The highest BCUT2D eigenvalue weighted by Crippen LogP contribution is 1.97. The van der Waals surface area contributed by atoms with Gasteiger partial charge in [-0.2, -0.15) is 0 Å². The van der Waals surface area contributed by atoms with Crippen LogP contribution in [0.25, 0.3) is 0 Å². The van der Waals surface area contributed by atoms with Crippen LogP contribution in [0.15, 0.2) is 0 Å². The Morgan fingerprint density at radius 3 is 2.22 bits per heavy atom. The van der Waals surface area contributed by atoms with Crippen LogP contribution in [-0.2, 0) is 9.53 Å². The number of ether oxygens (including phenoxy) is 1. The van der Waals surface area contributed by atoms with Crippen molar-refractivity contribution in [2.24, 2.45) is 0 Å². The van der Waals surface area contributed by atoms with Crippen LogP contribution in [0.4, 0.5) is 0 Å². The molecule has 2 atom stereocenters. The molecular weight excluding hydrogens is 144 g/mol. The summed E-state index contributed by atoms with van der Waals surface area (Å²) in [5.74, 6) is -0.697. The lowest BCUT2D eigenvalue weighted by Crippen LogP contribution is -2.21. The summed E-state index contributed by atoms with van der Waals surface area (Å²) in [4.78, 5) is 10.4. The molecule has 0 aliphatic rings. The molecule has 0 saturated heterocycles. The minimum absolute atomic E-state index is 0.674. The summed E-state index contributed by atoms with van der Waals surface area (Å²) in [6.07, 6.45) is -1.09. The fourth-order valence-electron chi connectivity index (χ4n) is 0.259. The molecule has 0 aliphatic carbocycles. The Kier molecular flexibility index (Phi) is 3.58. The van der Waals surface area contributed by atoms with E-state index in [1.165, 1.54) is 13.8 Å². The highest BCUT2D eigenvalue weighted by molar-refractivity contribution is 6.20. The number of carbonyl (C=O) groups excluding carboxylic acids is 1. The number of aliphatic hydroxyl groups is 1. The van der Waals surface area contributed by atoms with Gasteiger partial charge in [-0.05, 0) is 13.8 Å². The van der Waals surface area contributed by atoms with E-state index in [1.807, 2.05) is 0 Å². The molecule has 0 rings (SSSR count). The molecule has 0 amide bonds. The zero-order valence-corrected chi connectivity index (χ0v) is 6.05. The lowest BCUT2D eigenvalue weighted by atomic mass is 10.4. The van der Waals surface area contributed by atoms with Crippen molar-refractivity contribution in [3.05, 3.63) is 0 Å². The van der Waals surface area contributed by atoms with Gasteiger partial charge >= 0.3 is 5.97 Å². The molecule has 9 heavy (non-hydrogen) atoms. The van der Waals surface area contributed by atoms with Gasteiger partial charge in [0.15, 0.2) is 5.56 Å². The number of halogens is 1. The normalized spacial score (nSPS) is 16.4. The van der Waals surface area contributed by atoms with E-state index in [0.29, 0.717) is 0 Å². The number of alkyl halides is 1. The third-order valence-electron chi connectivity index (χ3n) is 0.620. The van der Waals surface area contributed by atoms with E-state index in [-0.39, 0.29) is 0 Å². The Bertz CT molecular complexity index is 100. The van der Waals surface area contributed by atoms with E-state index < -0.39 is 17.6 Å². The van der Waals surface area contributed by atoms with Crippen LogP contribution in [0, 0.1) is 0 Å². The molecule has 0 aromatic rings. The van der Waals surface area contributed by atoms with E-state index in [9.17, 15) is 4.79 Å². The minimum atomic E-state index is -1.09. The zero-order valence-electron chi connectivity index (χ0n) is 5.30. The minimum Gasteiger partial charge on any atom is -0.444 e. The van der Waals surface area contributed by atoms with Gasteiger partial charge in [0, 0.05) is 0 Å². The van der Waals surface area contributed by atoms with Crippen molar-refractivity contribution in [3.63, 3.8) is 0 Å². The van der Waals surface area contributed by atoms with E-state index >= 15 is 0 Å². The van der Waals surface area contributed by atoms with Gasteiger partial charge in [-0.3, -0.25) is 0 Å². The van der Waals surface area contributed by atoms with Gasteiger partial charge in [0.2, 0.25) is 0 Å². The molecule has 0 spiro atoms. The Balaban J connectivity index is 3.51. The first kappa shape index (κ1) is 8.72. The summed E-state index contributed by atoms with van der Waals surface area (Å²) in [6, 6.07) is 0. The van der Waals surface area contributed by atoms with Crippen LogP contribution in [0.3, 0.4) is 0 Å². The summed E-state index contributed by atoms with van der Waals surface area (Å²) >= 11 is 5.26. The van der Waals surface area contributed by atoms with Crippen molar-refractivity contribution < 1.29 is 14.6 Å². The number of esters is 1. The van der Waals surface area contributed by atoms with Crippen molar-refractivity contribution in [1.82, 2.24) is 0 Å². The third kappa shape index (κ3) is 4.24. The number of rotatable bonds is 2. The first-order valence-corrected chi connectivity index (χ1v) is 3.00. The molecule has 0 aliphatic heterocycles. The van der Waals surface area contributed by atoms with Crippen LogP contribution >= 0.6 is 11.6 Å². The quantitative estimate of drug-likeness (QED) is 0.463.